The van der Waals surface area contributed by atoms with E-state index in [9.17, 15) is 4.39 Å². The van der Waals surface area contributed by atoms with Gasteiger partial charge >= 0.3 is 0 Å². The maximum Gasteiger partial charge on any atom is 0.142 e. The van der Waals surface area contributed by atoms with Gasteiger partial charge in [0.1, 0.15) is 17.3 Å². The summed E-state index contributed by atoms with van der Waals surface area (Å²) in [5, 5.41) is 3.10. The van der Waals surface area contributed by atoms with Gasteiger partial charge in [0.2, 0.25) is 0 Å². The third kappa shape index (κ3) is 2.88. The highest BCUT2D eigenvalue weighted by Crippen LogP contribution is 2.33. The predicted octanol–water partition coefficient (Wildman–Crippen LogP) is 3.17. The number of anilines is 3. The Labute approximate surface area is 111 Å². The molecule has 19 heavy (non-hydrogen) atoms. The first-order valence-corrected chi connectivity index (χ1v) is 5.68. The van der Waals surface area contributed by atoms with Crippen molar-refractivity contribution in [2.75, 3.05) is 25.3 Å². The fourth-order valence-electron chi connectivity index (χ4n) is 1.70. The summed E-state index contributed by atoms with van der Waals surface area (Å²) in [4.78, 5) is 0. The average Bonchev–Trinajstić information content (AvgIpc) is 2.41. The fraction of sp³-hybridized carbons (Fsp3) is 0.143. The second-order valence-electron chi connectivity index (χ2n) is 3.92. The van der Waals surface area contributed by atoms with E-state index in [1.165, 1.54) is 12.1 Å². The van der Waals surface area contributed by atoms with Gasteiger partial charge in [0.05, 0.1) is 31.3 Å². The Morgan fingerprint density at radius 1 is 1.00 bits per heavy atom. The molecule has 0 saturated heterocycles. The quantitative estimate of drug-likeness (QED) is 0.831. The highest BCUT2D eigenvalue weighted by atomic mass is 19.1. The molecule has 0 saturated carbocycles. The van der Waals surface area contributed by atoms with E-state index in [0.29, 0.717) is 28.6 Å². The maximum atomic E-state index is 13.0. The number of benzene rings is 2. The van der Waals surface area contributed by atoms with Crippen molar-refractivity contribution in [2.45, 2.75) is 0 Å². The smallest absolute Gasteiger partial charge is 0.142 e. The minimum Gasteiger partial charge on any atom is -0.497 e. The molecule has 0 aromatic heterocycles. The summed E-state index contributed by atoms with van der Waals surface area (Å²) in [6.07, 6.45) is 0. The second-order valence-corrected chi connectivity index (χ2v) is 3.92. The Hall–Kier alpha value is -2.43. The number of nitrogens with two attached hydrogens (primary N) is 1. The number of rotatable bonds is 4. The van der Waals surface area contributed by atoms with Gasteiger partial charge in [0.25, 0.3) is 0 Å². The van der Waals surface area contributed by atoms with Crippen LogP contribution in [0.4, 0.5) is 21.5 Å². The third-order valence-corrected chi connectivity index (χ3v) is 2.69. The van der Waals surface area contributed by atoms with E-state index in [1.54, 1.807) is 38.5 Å². The zero-order chi connectivity index (χ0) is 13.8. The number of hydrogen-bond acceptors (Lipinski definition) is 4. The van der Waals surface area contributed by atoms with E-state index in [-0.39, 0.29) is 5.82 Å². The van der Waals surface area contributed by atoms with Crippen molar-refractivity contribution in [3.05, 3.63) is 42.2 Å². The van der Waals surface area contributed by atoms with Crippen LogP contribution in [0.2, 0.25) is 0 Å². The molecule has 0 unspecified atom stereocenters. The summed E-state index contributed by atoms with van der Waals surface area (Å²) >= 11 is 0. The van der Waals surface area contributed by atoms with Crippen LogP contribution < -0.4 is 20.5 Å². The Bertz CT molecular complexity index is 588. The molecule has 0 radical (unpaired) electrons. The number of ether oxygens (including phenoxy) is 2. The third-order valence-electron chi connectivity index (χ3n) is 2.69. The van der Waals surface area contributed by atoms with Crippen LogP contribution >= 0.6 is 0 Å². The standard InChI is InChI=1S/C14H15FN2O2/c1-18-10-4-6-14(19-2)13(8-10)17-12-5-3-9(15)7-11(12)16/h3-8,17H,16H2,1-2H3. The monoisotopic (exact) mass is 262 g/mol. The molecule has 0 bridgehead atoms. The molecule has 0 spiro atoms. The largest absolute Gasteiger partial charge is 0.497 e. The molecule has 2 aromatic carbocycles. The van der Waals surface area contributed by atoms with Crippen LogP contribution in [0, 0.1) is 5.82 Å². The Morgan fingerprint density at radius 2 is 1.79 bits per heavy atom. The van der Waals surface area contributed by atoms with Crippen LogP contribution in [0.3, 0.4) is 0 Å². The van der Waals surface area contributed by atoms with Gasteiger partial charge < -0.3 is 20.5 Å². The van der Waals surface area contributed by atoms with Crippen LogP contribution in [0.5, 0.6) is 11.5 Å². The molecule has 0 aliphatic rings. The lowest BCUT2D eigenvalue weighted by Gasteiger charge is -2.14. The molecule has 0 aliphatic carbocycles. The van der Waals surface area contributed by atoms with Crippen molar-refractivity contribution in [3.63, 3.8) is 0 Å². The topological polar surface area (TPSA) is 56.5 Å². The molecule has 5 heteroatoms. The zero-order valence-corrected chi connectivity index (χ0v) is 10.7. The van der Waals surface area contributed by atoms with Crippen molar-refractivity contribution >= 4 is 17.1 Å². The molecule has 2 aromatic rings. The van der Waals surface area contributed by atoms with Gasteiger partial charge in [-0.15, -0.1) is 0 Å². The molecule has 0 fully saturated rings. The van der Waals surface area contributed by atoms with E-state index in [2.05, 4.69) is 5.32 Å². The van der Waals surface area contributed by atoms with Crippen LogP contribution in [0.25, 0.3) is 0 Å². The molecular weight excluding hydrogens is 247 g/mol. The second kappa shape index (κ2) is 5.48. The van der Waals surface area contributed by atoms with Gasteiger partial charge in [-0.1, -0.05) is 0 Å². The summed E-state index contributed by atoms with van der Waals surface area (Å²) in [5.41, 5.74) is 7.38. The number of hydrogen-bond donors (Lipinski definition) is 2. The lowest BCUT2D eigenvalue weighted by molar-refractivity contribution is 0.405. The van der Waals surface area contributed by atoms with Crippen LogP contribution in [-0.4, -0.2) is 14.2 Å². The molecule has 4 nitrogen and oxygen atoms in total. The van der Waals surface area contributed by atoms with Gasteiger partial charge in [-0.2, -0.15) is 0 Å². The molecule has 0 heterocycles. The summed E-state index contributed by atoms with van der Waals surface area (Å²) in [6.45, 7) is 0. The first kappa shape index (κ1) is 13.0. The highest BCUT2D eigenvalue weighted by Gasteiger charge is 2.07. The minimum atomic E-state index is -0.374. The molecule has 0 amide bonds. The van der Waals surface area contributed by atoms with Crippen LogP contribution in [0.15, 0.2) is 36.4 Å². The Kier molecular flexibility index (Phi) is 3.75. The molecule has 3 N–H and O–H groups in total. The van der Waals surface area contributed by atoms with Crippen LogP contribution in [-0.2, 0) is 0 Å². The summed E-state index contributed by atoms with van der Waals surface area (Å²) in [7, 11) is 3.15. The average molecular weight is 262 g/mol. The molecule has 0 aliphatic heterocycles. The first-order chi connectivity index (χ1) is 9.13. The van der Waals surface area contributed by atoms with Gasteiger partial charge in [-0.25, -0.2) is 4.39 Å². The highest BCUT2D eigenvalue weighted by molar-refractivity contribution is 5.76. The van der Waals surface area contributed by atoms with Gasteiger partial charge in [-0.3, -0.25) is 0 Å². The minimum absolute atomic E-state index is 0.324. The summed E-state index contributed by atoms with van der Waals surface area (Å²) < 4.78 is 23.4. The molecular formula is C14H15FN2O2. The van der Waals surface area contributed by atoms with Crippen molar-refractivity contribution in [1.29, 1.82) is 0 Å². The molecule has 0 atom stereocenters. The Balaban J connectivity index is 2.36. The normalized spacial score (nSPS) is 10.1. The van der Waals surface area contributed by atoms with Gasteiger partial charge in [0.15, 0.2) is 0 Å². The maximum absolute atomic E-state index is 13.0. The van der Waals surface area contributed by atoms with E-state index >= 15 is 0 Å². The van der Waals surface area contributed by atoms with Crippen molar-refractivity contribution in [2.24, 2.45) is 0 Å². The number of nitrogen functional groups attached to an aromatic ring is 1. The van der Waals surface area contributed by atoms with Crippen molar-refractivity contribution < 1.29 is 13.9 Å². The van der Waals surface area contributed by atoms with E-state index < -0.39 is 0 Å². The van der Waals surface area contributed by atoms with E-state index in [1.807, 2.05) is 0 Å². The van der Waals surface area contributed by atoms with Gasteiger partial charge in [-0.05, 0) is 30.3 Å². The molecule has 100 valence electrons. The van der Waals surface area contributed by atoms with E-state index in [0.717, 1.165) is 0 Å². The lowest BCUT2D eigenvalue weighted by atomic mass is 10.2. The SMILES string of the molecule is COc1ccc(OC)c(Nc2ccc(F)cc2N)c1. The number of methoxy groups -OCH3 is 2. The lowest BCUT2D eigenvalue weighted by Crippen LogP contribution is -1.99. The number of nitrogens with one attached hydrogen (secondary N) is 1. The van der Waals surface area contributed by atoms with Crippen molar-refractivity contribution in [3.8, 4) is 11.5 Å². The summed E-state index contributed by atoms with van der Waals surface area (Å²) in [6, 6.07) is 9.52. The fourth-order valence-corrected chi connectivity index (χ4v) is 1.70. The first-order valence-electron chi connectivity index (χ1n) is 5.68. The van der Waals surface area contributed by atoms with Crippen LogP contribution in [0.1, 0.15) is 0 Å². The Morgan fingerprint density at radius 3 is 2.42 bits per heavy atom. The summed E-state index contributed by atoms with van der Waals surface area (Å²) in [5.74, 6) is 0.953. The van der Waals surface area contributed by atoms with E-state index in [4.69, 9.17) is 15.2 Å². The van der Waals surface area contributed by atoms with Gasteiger partial charge in [0, 0.05) is 6.07 Å². The predicted molar refractivity (Wildman–Crippen MR) is 73.6 cm³/mol. The zero-order valence-electron chi connectivity index (χ0n) is 10.7. The van der Waals surface area contributed by atoms with Crippen molar-refractivity contribution in [1.82, 2.24) is 0 Å². The number of halogens is 1. The molecule has 2 rings (SSSR count).